The van der Waals surface area contributed by atoms with Gasteiger partial charge in [-0.2, -0.15) is 0 Å². The monoisotopic (exact) mass is 226 g/mol. The molecule has 3 nitrogen and oxygen atoms in total. The highest BCUT2D eigenvalue weighted by Gasteiger charge is 2.23. The van der Waals surface area contributed by atoms with E-state index in [0.717, 1.165) is 25.9 Å². The second-order valence-corrected chi connectivity index (χ2v) is 4.49. The molecule has 3 heteroatoms. The lowest BCUT2D eigenvalue weighted by atomic mass is 9.88. The molecule has 0 N–H and O–H groups in total. The Kier molecular flexibility index (Phi) is 5.53. The van der Waals surface area contributed by atoms with Gasteiger partial charge in [-0.3, -0.25) is 0 Å². The molecule has 0 radical (unpaired) electrons. The van der Waals surface area contributed by atoms with Gasteiger partial charge in [0.05, 0.1) is 12.7 Å². The van der Waals surface area contributed by atoms with Gasteiger partial charge in [0.1, 0.15) is 0 Å². The summed E-state index contributed by atoms with van der Waals surface area (Å²) in [7, 11) is 0. The second kappa shape index (κ2) is 6.69. The van der Waals surface area contributed by atoms with Gasteiger partial charge >= 0.3 is 5.97 Å². The van der Waals surface area contributed by atoms with E-state index >= 15 is 0 Å². The normalized spacial score (nSPS) is 25.1. The summed E-state index contributed by atoms with van der Waals surface area (Å²) in [6.45, 7) is 8.53. The SMILES string of the molecule is C=C(C)C(=O)OCC1CCCC(OCC)C1. The highest BCUT2D eigenvalue weighted by Crippen LogP contribution is 2.26. The molecule has 2 atom stereocenters. The van der Waals surface area contributed by atoms with Crippen LogP contribution in [0.1, 0.15) is 39.5 Å². The number of hydrogen-bond donors (Lipinski definition) is 0. The van der Waals surface area contributed by atoms with E-state index in [9.17, 15) is 4.79 Å². The summed E-state index contributed by atoms with van der Waals surface area (Å²) in [5.74, 6) is 0.173. The van der Waals surface area contributed by atoms with E-state index in [1.165, 1.54) is 6.42 Å². The third kappa shape index (κ3) is 4.35. The number of hydrogen-bond acceptors (Lipinski definition) is 3. The standard InChI is InChI=1S/C13H22O3/c1-4-15-12-7-5-6-11(8-12)9-16-13(14)10(2)3/h11-12H,2,4-9H2,1,3H3. The van der Waals surface area contributed by atoms with E-state index in [1.807, 2.05) is 6.92 Å². The first-order valence-corrected chi connectivity index (χ1v) is 6.07. The Balaban J connectivity index is 2.26. The van der Waals surface area contributed by atoms with Crippen molar-refractivity contribution in [3.63, 3.8) is 0 Å². The van der Waals surface area contributed by atoms with Gasteiger partial charge in [0.2, 0.25) is 0 Å². The van der Waals surface area contributed by atoms with E-state index in [0.29, 0.717) is 24.2 Å². The molecule has 0 aromatic heterocycles. The second-order valence-electron chi connectivity index (χ2n) is 4.49. The number of rotatable bonds is 5. The molecular formula is C13H22O3. The molecule has 2 unspecified atom stereocenters. The Morgan fingerprint density at radius 2 is 2.19 bits per heavy atom. The largest absolute Gasteiger partial charge is 0.462 e. The molecule has 0 saturated heterocycles. The topological polar surface area (TPSA) is 35.5 Å². The minimum absolute atomic E-state index is 0.279. The van der Waals surface area contributed by atoms with Crippen molar-refractivity contribution in [2.24, 2.45) is 5.92 Å². The van der Waals surface area contributed by atoms with Crippen LogP contribution < -0.4 is 0 Å². The number of carbonyl (C=O) groups is 1. The molecule has 16 heavy (non-hydrogen) atoms. The average Bonchev–Trinajstić information content (AvgIpc) is 2.26. The van der Waals surface area contributed by atoms with Gasteiger partial charge in [-0.25, -0.2) is 4.79 Å². The highest BCUT2D eigenvalue weighted by atomic mass is 16.5. The van der Waals surface area contributed by atoms with Crippen molar-refractivity contribution in [1.29, 1.82) is 0 Å². The molecule has 0 spiro atoms. The van der Waals surface area contributed by atoms with Gasteiger partial charge in [-0.15, -0.1) is 0 Å². The van der Waals surface area contributed by atoms with Crippen molar-refractivity contribution in [2.45, 2.75) is 45.6 Å². The van der Waals surface area contributed by atoms with Crippen LogP contribution in [0.5, 0.6) is 0 Å². The first-order chi connectivity index (χ1) is 7.63. The fourth-order valence-electron chi connectivity index (χ4n) is 2.10. The molecule has 1 aliphatic rings. The van der Waals surface area contributed by atoms with Crippen LogP contribution in [0.4, 0.5) is 0 Å². The van der Waals surface area contributed by atoms with Crippen LogP contribution in [0.2, 0.25) is 0 Å². The molecular weight excluding hydrogens is 204 g/mol. The van der Waals surface area contributed by atoms with Crippen molar-refractivity contribution >= 4 is 5.97 Å². The van der Waals surface area contributed by atoms with Crippen molar-refractivity contribution < 1.29 is 14.3 Å². The summed E-state index contributed by atoms with van der Waals surface area (Å²) in [6, 6.07) is 0. The van der Waals surface area contributed by atoms with E-state index in [1.54, 1.807) is 6.92 Å². The van der Waals surface area contributed by atoms with Gasteiger partial charge < -0.3 is 9.47 Å². The smallest absolute Gasteiger partial charge is 0.333 e. The van der Waals surface area contributed by atoms with Gasteiger partial charge in [-0.1, -0.05) is 13.0 Å². The first kappa shape index (κ1) is 13.2. The minimum atomic E-state index is -0.279. The lowest BCUT2D eigenvalue weighted by molar-refractivity contribution is -0.141. The molecule has 0 heterocycles. The van der Waals surface area contributed by atoms with Crippen LogP contribution in [-0.4, -0.2) is 25.3 Å². The highest BCUT2D eigenvalue weighted by molar-refractivity contribution is 5.86. The quantitative estimate of drug-likeness (QED) is 0.534. The third-order valence-corrected chi connectivity index (χ3v) is 2.94. The summed E-state index contributed by atoms with van der Waals surface area (Å²) in [6.07, 6.45) is 4.80. The Hall–Kier alpha value is -0.830. The lowest BCUT2D eigenvalue weighted by Crippen LogP contribution is -2.26. The molecule has 1 fully saturated rings. The Morgan fingerprint density at radius 3 is 2.81 bits per heavy atom. The van der Waals surface area contributed by atoms with Crippen LogP contribution in [0, 0.1) is 5.92 Å². The summed E-state index contributed by atoms with van der Waals surface area (Å²) in [5.41, 5.74) is 0.470. The predicted octanol–water partition coefficient (Wildman–Crippen LogP) is 2.70. The maximum absolute atomic E-state index is 11.2. The molecule has 1 aliphatic carbocycles. The fourth-order valence-corrected chi connectivity index (χ4v) is 2.10. The lowest BCUT2D eigenvalue weighted by Gasteiger charge is -2.28. The molecule has 0 aromatic carbocycles. The van der Waals surface area contributed by atoms with E-state index < -0.39 is 0 Å². The van der Waals surface area contributed by atoms with Gasteiger partial charge in [0.15, 0.2) is 0 Å². The fraction of sp³-hybridized carbons (Fsp3) is 0.769. The maximum atomic E-state index is 11.2. The van der Waals surface area contributed by atoms with Crippen molar-refractivity contribution in [3.8, 4) is 0 Å². The summed E-state index contributed by atoms with van der Waals surface area (Å²) < 4.78 is 10.8. The van der Waals surface area contributed by atoms with Gasteiger partial charge in [-0.05, 0) is 39.0 Å². The number of carbonyl (C=O) groups excluding carboxylic acids is 1. The van der Waals surface area contributed by atoms with Gasteiger partial charge in [0, 0.05) is 12.2 Å². The molecule has 0 aromatic rings. The predicted molar refractivity (Wildman–Crippen MR) is 63.1 cm³/mol. The van der Waals surface area contributed by atoms with Crippen LogP contribution in [0.15, 0.2) is 12.2 Å². The Labute approximate surface area is 97.8 Å². The minimum Gasteiger partial charge on any atom is -0.462 e. The van der Waals surface area contributed by atoms with E-state index in [4.69, 9.17) is 9.47 Å². The van der Waals surface area contributed by atoms with Gasteiger partial charge in [0.25, 0.3) is 0 Å². The van der Waals surface area contributed by atoms with Crippen LogP contribution >= 0.6 is 0 Å². The number of esters is 1. The summed E-state index contributed by atoms with van der Waals surface area (Å²) in [4.78, 5) is 11.2. The Bertz CT molecular complexity index is 246. The van der Waals surface area contributed by atoms with E-state index in [2.05, 4.69) is 6.58 Å². The molecule has 1 rings (SSSR count). The van der Waals surface area contributed by atoms with Crippen LogP contribution in [0.25, 0.3) is 0 Å². The molecule has 0 aliphatic heterocycles. The van der Waals surface area contributed by atoms with E-state index in [-0.39, 0.29) is 5.97 Å². The van der Waals surface area contributed by atoms with Crippen molar-refractivity contribution in [1.82, 2.24) is 0 Å². The summed E-state index contributed by atoms with van der Waals surface area (Å²) in [5, 5.41) is 0. The maximum Gasteiger partial charge on any atom is 0.333 e. The van der Waals surface area contributed by atoms with Crippen molar-refractivity contribution in [2.75, 3.05) is 13.2 Å². The Morgan fingerprint density at radius 1 is 1.44 bits per heavy atom. The molecule has 92 valence electrons. The molecule has 1 saturated carbocycles. The zero-order chi connectivity index (χ0) is 12.0. The molecule has 0 amide bonds. The van der Waals surface area contributed by atoms with Crippen LogP contribution in [-0.2, 0) is 14.3 Å². The van der Waals surface area contributed by atoms with Crippen molar-refractivity contribution in [3.05, 3.63) is 12.2 Å². The summed E-state index contributed by atoms with van der Waals surface area (Å²) >= 11 is 0. The third-order valence-electron chi connectivity index (χ3n) is 2.94. The first-order valence-electron chi connectivity index (χ1n) is 6.07. The zero-order valence-electron chi connectivity index (χ0n) is 10.3. The number of ether oxygens (including phenoxy) is 2. The zero-order valence-corrected chi connectivity index (χ0v) is 10.3. The molecule has 0 bridgehead atoms. The van der Waals surface area contributed by atoms with Crippen LogP contribution in [0.3, 0.4) is 0 Å². The average molecular weight is 226 g/mol.